The number of β-lactam (4-membered cyclic amide) rings is 1. The molecule has 61 heavy (non-hydrogen) atoms. The molecular weight excluding hydrogens is 806 g/mol. The van der Waals surface area contributed by atoms with E-state index in [1.807, 2.05) is 48.5 Å². The number of nitrogens with zero attached hydrogens (tertiary/aromatic N) is 1. The zero-order chi connectivity index (χ0) is 44.8. The standard InChI is InChI=1S/C46H56FNO12Si/c1-27(49)55-26-40-43(57-29(3)51)44(58-30(4)52)42(56-28(2)50)38(59-40)24-16-31-15-21-35(39(25-31)60-61(8,9)46(5,6)7)41-36(45(54)48(41)34-13-11-10-12-14-34)22-23-37(53)32-17-19-33(47)20-18-32/h10-21,24-25,36-38,40-44,53H,22-23,26H2,1-9H3/b24-16+/t36-,37+,38+,40?,41-,42-,43-,44?/m1/s1. The fourth-order valence-corrected chi connectivity index (χ4v) is 8.32. The smallest absolute Gasteiger partial charge is 0.303 e. The molecule has 2 aliphatic rings. The van der Waals surface area contributed by atoms with E-state index < -0.39 is 86.6 Å². The van der Waals surface area contributed by atoms with Gasteiger partial charge in [-0.25, -0.2) is 4.39 Å². The summed E-state index contributed by atoms with van der Waals surface area (Å²) in [6, 6.07) is 20.2. The molecule has 328 valence electrons. The van der Waals surface area contributed by atoms with E-state index in [0.29, 0.717) is 29.0 Å². The van der Waals surface area contributed by atoms with Crippen LogP contribution in [0.3, 0.4) is 0 Å². The van der Waals surface area contributed by atoms with Crippen molar-refractivity contribution in [1.29, 1.82) is 0 Å². The maximum atomic E-state index is 14.0. The van der Waals surface area contributed by atoms with Crippen LogP contribution in [0.15, 0.2) is 78.9 Å². The molecule has 13 nitrogen and oxygen atoms in total. The highest BCUT2D eigenvalue weighted by molar-refractivity contribution is 6.74. The van der Waals surface area contributed by atoms with Crippen LogP contribution in [-0.4, -0.2) is 80.3 Å². The van der Waals surface area contributed by atoms with Crippen LogP contribution in [0.1, 0.15) is 90.1 Å². The quantitative estimate of drug-likeness (QED) is 0.0691. The Morgan fingerprint density at radius 2 is 1.46 bits per heavy atom. The largest absolute Gasteiger partial charge is 0.543 e. The summed E-state index contributed by atoms with van der Waals surface area (Å²) in [5.41, 5.74) is 2.67. The fourth-order valence-electron chi connectivity index (χ4n) is 7.29. The second-order valence-electron chi connectivity index (χ2n) is 16.9. The molecular formula is C46H56FNO12Si. The maximum Gasteiger partial charge on any atom is 0.303 e. The van der Waals surface area contributed by atoms with Gasteiger partial charge in [0.05, 0.1) is 18.1 Å². The van der Waals surface area contributed by atoms with Crippen LogP contribution in [-0.2, 0) is 47.7 Å². The summed E-state index contributed by atoms with van der Waals surface area (Å²) in [7, 11) is -2.53. The van der Waals surface area contributed by atoms with Gasteiger partial charge in [-0.3, -0.25) is 24.0 Å². The summed E-state index contributed by atoms with van der Waals surface area (Å²) < 4.78 is 49.0. The molecule has 0 spiro atoms. The first kappa shape index (κ1) is 46.7. The molecule has 5 rings (SSSR count). The summed E-state index contributed by atoms with van der Waals surface area (Å²) in [6.45, 7) is 14.9. The van der Waals surface area contributed by atoms with Crippen molar-refractivity contribution in [2.75, 3.05) is 11.5 Å². The number of hydrogen-bond donors (Lipinski definition) is 1. The first-order chi connectivity index (χ1) is 28.7. The number of esters is 4. The van der Waals surface area contributed by atoms with E-state index in [-0.39, 0.29) is 24.0 Å². The average Bonchev–Trinajstić information content (AvgIpc) is 3.17. The van der Waals surface area contributed by atoms with E-state index in [4.69, 9.17) is 28.1 Å². The van der Waals surface area contributed by atoms with Crippen LogP contribution in [0, 0.1) is 11.7 Å². The van der Waals surface area contributed by atoms with E-state index in [2.05, 4.69) is 33.9 Å². The normalized spacial score (nSPS) is 23.4. The van der Waals surface area contributed by atoms with Crippen molar-refractivity contribution in [3.05, 3.63) is 101 Å². The Morgan fingerprint density at radius 3 is 2.05 bits per heavy atom. The molecule has 2 aliphatic heterocycles. The van der Waals surface area contributed by atoms with Crippen LogP contribution in [0.4, 0.5) is 10.1 Å². The van der Waals surface area contributed by atoms with Crippen LogP contribution in [0.2, 0.25) is 18.1 Å². The number of aliphatic hydroxyl groups is 1. The summed E-state index contributed by atoms with van der Waals surface area (Å²) in [5.74, 6) is -3.27. The highest BCUT2D eigenvalue weighted by Crippen LogP contribution is 2.50. The van der Waals surface area contributed by atoms with Gasteiger partial charge in [0.2, 0.25) is 14.2 Å². The second-order valence-corrected chi connectivity index (χ2v) is 21.6. The highest BCUT2D eigenvalue weighted by Gasteiger charge is 2.52. The van der Waals surface area contributed by atoms with Gasteiger partial charge in [-0.15, -0.1) is 0 Å². The van der Waals surface area contributed by atoms with E-state index in [1.54, 1.807) is 17.1 Å². The first-order valence-electron chi connectivity index (χ1n) is 20.3. The third-order valence-electron chi connectivity index (χ3n) is 11.3. The van der Waals surface area contributed by atoms with Crippen LogP contribution in [0.25, 0.3) is 6.08 Å². The Kier molecular flexibility index (Phi) is 15.0. The minimum Gasteiger partial charge on any atom is -0.543 e. The topological polar surface area (TPSA) is 164 Å². The number of hydrogen-bond acceptors (Lipinski definition) is 12. The summed E-state index contributed by atoms with van der Waals surface area (Å²) in [4.78, 5) is 64.7. The second kappa shape index (κ2) is 19.6. The number of carbonyl (C=O) groups excluding carboxylic acids is 5. The van der Waals surface area contributed by atoms with Gasteiger partial charge in [0.25, 0.3) is 0 Å². The third-order valence-corrected chi connectivity index (χ3v) is 15.6. The Balaban J connectivity index is 1.56. The lowest BCUT2D eigenvalue weighted by Crippen LogP contribution is -2.61. The molecule has 2 heterocycles. The molecule has 0 aliphatic carbocycles. The van der Waals surface area contributed by atoms with Gasteiger partial charge in [0.1, 0.15) is 30.4 Å². The van der Waals surface area contributed by atoms with E-state index >= 15 is 0 Å². The SMILES string of the molecule is CC(=O)OCC1O[C@@H](/C=C/c2ccc([C@@H]3[C@@H](CC[C@H](O)c4ccc(F)cc4)C(=O)N3c3ccccc3)c(O[Si](C)(C)C(C)(C)C)c2)[C@@H](OC(C)=O)C(OC(C)=O)[C@@H]1OC(C)=O. The van der Waals surface area contributed by atoms with Gasteiger partial charge < -0.3 is 38.1 Å². The number of anilines is 1. The van der Waals surface area contributed by atoms with Crippen molar-refractivity contribution in [2.45, 2.75) is 122 Å². The molecule has 0 aromatic heterocycles. The minimum atomic E-state index is -2.53. The van der Waals surface area contributed by atoms with Gasteiger partial charge >= 0.3 is 23.9 Å². The summed E-state index contributed by atoms with van der Waals surface area (Å²) in [5, 5.41) is 10.9. The van der Waals surface area contributed by atoms with Gasteiger partial charge in [-0.1, -0.05) is 75.4 Å². The number of halogens is 1. The number of amides is 1. The zero-order valence-electron chi connectivity index (χ0n) is 36.1. The molecule has 3 aromatic carbocycles. The lowest BCUT2D eigenvalue weighted by atomic mass is 9.77. The number of benzene rings is 3. The van der Waals surface area contributed by atoms with E-state index in [1.165, 1.54) is 38.1 Å². The Morgan fingerprint density at radius 1 is 0.852 bits per heavy atom. The average molecular weight is 862 g/mol. The predicted molar refractivity (Wildman–Crippen MR) is 226 cm³/mol. The molecule has 0 saturated carbocycles. The van der Waals surface area contributed by atoms with Crippen molar-refractivity contribution in [3.63, 3.8) is 0 Å². The van der Waals surface area contributed by atoms with Crippen molar-refractivity contribution in [3.8, 4) is 5.75 Å². The minimum absolute atomic E-state index is 0.103. The van der Waals surface area contributed by atoms with E-state index in [9.17, 15) is 33.5 Å². The summed E-state index contributed by atoms with van der Waals surface area (Å²) in [6.07, 6.45) is -3.06. The number of rotatable bonds is 15. The zero-order valence-corrected chi connectivity index (χ0v) is 37.1. The number of para-hydroxylation sites is 1. The fraction of sp³-hybridized carbons (Fsp3) is 0.457. The van der Waals surface area contributed by atoms with Crippen molar-refractivity contribution in [1.82, 2.24) is 0 Å². The van der Waals surface area contributed by atoms with Crippen LogP contribution in [0.5, 0.6) is 5.75 Å². The van der Waals surface area contributed by atoms with Crippen molar-refractivity contribution >= 4 is 49.9 Å². The molecule has 2 fully saturated rings. The maximum absolute atomic E-state index is 14.0. The van der Waals surface area contributed by atoms with Crippen LogP contribution >= 0.6 is 0 Å². The molecule has 3 aromatic rings. The van der Waals surface area contributed by atoms with Gasteiger partial charge in [0, 0.05) is 38.9 Å². The van der Waals surface area contributed by atoms with Crippen molar-refractivity contribution < 1.29 is 61.6 Å². The van der Waals surface area contributed by atoms with Crippen LogP contribution < -0.4 is 9.33 Å². The Labute approximate surface area is 357 Å². The molecule has 8 atom stereocenters. The Hall–Kier alpha value is -5.38. The molecule has 2 saturated heterocycles. The molecule has 1 N–H and O–H groups in total. The summed E-state index contributed by atoms with van der Waals surface area (Å²) >= 11 is 0. The molecule has 0 bridgehead atoms. The first-order valence-corrected chi connectivity index (χ1v) is 23.2. The predicted octanol–water partition coefficient (Wildman–Crippen LogP) is 7.57. The monoisotopic (exact) mass is 861 g/mol. The molecule has 15 heteroatoms. The lowest BCUT2D eigenvalue weighted by molar-refractivity contribution is -0.244. The van der Waals surface area contributed by atoms with E-state index in [0.717, 1.165) is 19.4 Å². The highest BCUT2D eigenvalue weighted by atomic mass is 28.4. The molecule has 0 radical (unpaired) electrons. The van der Waals surface area contributed by atoms with Crippen molar-refractivity contribution in [2.24, 2.45) is 5.92 Å². The van der Waals surface area contributed by atoms with Gasteiger partial charge in [-0.2, -0.15) is 0 Å². The number of carbonyl (C=O) groups is 5. The Bertz CT molecular complexity index is 2090. The van der Waals surface area contributed by atoms with Gasteiger partial charge in [0.15, 0.2) is 18.3 Å². The molecule has 2 unspecified atom stereocenters. The third kappa shape index (κ3) is 11.5. The lowest BCUT2D eigenvalue weighted by Gasteiger charge is -2.49. The van der Waals surface area contributed by atoms with Gasteiger partial charge in [-0.05, 0) is 72.4 Å². The number of ether oxygens (including phenoxy) is 5. The molecule has 1 amide bonds. The number of aliphatic hydroxyl groups excluding tert-OH is 1.